The third kappa shape index (κ3) is 2.07. The lowest BCUT2D eigenvalue weighted by Gasteiger charge is -2.27. The second kappa shape index (κ2) is 4.36. The summed E-state index contributed by atoms with van der Waals surface area (Å²) in [5.41, 5.74) is 10.5. The van der Waals surface area contributed by atoms with Gasteiger partial charge < -0.3 is 5.73 Å². The Balaban J connectivity index is 2.36. The number of nitrogens with two attached hydrogens (primary N) is 1. The summed E-state index contributed by atoms with van der Waals surface area (Å²) in [5.74, 6) is 0.690. The molecule has 0 amide bonds. The van der Waals surface area contributed by atoms with E-state index in [0.717, 1.165) is 6.42 Å². The highest BCUT2D eigenvalue weighted by atomic mass is 14.6. The minimum absolute atomic E-state index is 0.271. The second-order valence-corrected chi connectivity index (χ2v) is 4.80. The summed E-state index contributed by atoms with van der Waals surface area (Å²) in [4.78, 5) is 0. The molecule has 1 aliphatic rings. The van der Waals surface area contributed by atoms with Crippen molar-refractivity contribution in [2.45, 2.75) is 51.5 Å². The van der Waals surface area contributed by atoms with Gasteiger partial charge in [0.15, 0.2) is 0 Å². The van der Waals surface area contributed by atoms with Gasteiger partial charge in [0.25, 0.3) is 0 Å². The molecule has 0 saturated heterocycles. The number of fused-ring (bicyclic) bond motifs is 1. The molecule has 0 saturated carbocycles. The van der Waals surface area contributed by atoms with Gasteiger partial charge in [-0.25, -0.2) is 0 Å². The van der Waals surface area contributed by atoms with Crippen LogP contribution >= 0.6 is 0 Å². The van der Waals surface area contributed by atoms with Crippen molar-refractivity contribution in [3.63, 3.8) is 0 Å². The molecule has 0 aliphatic heterocycles. The van der Waals surface area contributed by atoms with E-state index in [4.69, 9.17) is 5.73 Å². The molecular formula is C14H21N. The van der Waals surface area contributed by atoms with Gasteiger partial charge in [-0.2, -0.15) is 0 Å². The molecule has 2 N–H and O–H groups in total. The minimum atomic E-state index is 0.271. The average Bonchev–Trinajstić information content (AvgIpc) is 2.24. The Hall–Kier alpha value is -0.820. The number of aryl methyl sites for hydroxylation is 1. The first kappa shape index (κ1) is 10.7. The van der Waals surface area contributed by atoms with E-state index in [1.165, 1.54) is 36.0 Å². The van der Waals surface area contributed by atoms with Gasteiger partial charge in [0.2, 0.25) is 0 Å². The summed E-state index contributed by atoms with van der Waals surface area (Å²) in [6.07, 6.45) is 4.77. The van der Waals surface area contributed by atoms with E-state index < -0.39 is 0 Å². The van der Waals surface area contributed by atoms with Gasteiger partial charge in [0, 0.05) is 6.04 Å². The third-order valence-corrected chi connectivity index (χ3v) is 3.53. The summed E-state index contributed by atoms with van der Waals surface area (Å²) < 4.78 is 0. The molecule has 1 aromatic carbocycles. The molecule has 1 heteroatoms. The van der Waals surface area contributed by atoms with Gasteiger partial charge >= 0.3 is 0 Å². The van der Waals surface area contributed by atoms with Crippen LogP contribution in [0, 0.1) is 0 Å². The van der Waals surface area contributed by atoms with Crippen LogP contribution in [0.5, 0.6) is 0 Å². The van der Waals surface area contributed by atoms with Crippen LogP contribution in [0.1, 0.15) is 61.8 Å². The first-order valence-electron chi connectivity index (χ1n) is 6.10. The summed E-state index contributed by atoms with van der Waals surface area (Å²) in [6.45, 7) is 4.53. The van der Waals surface area contributed by atoms with Crippen LogP contribution in [-0.2, 0) is 6.42 Å². The van der Waals surface area contributed by atoms with Crippen LogP contribution in [0.15, 0.2) is 18.2 Å². The van der Waals surface area contributed by atoms with Gasteiger partial charge in [0.05, 0.1) is 0 Å². The highest BCUT2D eigenvalue weighted by molar-refractivity contribution is 5.38. The minimum Gasteiger partial charge on any atom is -0.324 e. The Bertz CT molecular complexity index is 343. The third-order valence-electron chi connectivity index (χ3n) is 3.53. The van der Waals surface area contributed by atoms with Crippen LogP contribution in [0.25, 0.3) is 0 Å². The standard InChI is InChI=1S/C14H21N/c1-3-4-11-6-7-12-10(2)5-8-14(15)13(12)9-11/h6-7,9-10,14H,3-5,8,15H2,1-2H3/t10?,14-/m0/s1. The first-order valence-corrected chi connectivity index (χ1v) is 6.10. The van der Waals surface area contributed by atoms with E-state index in [-0.39, 0.29) is 6.04 Å². The molecule has 0 fully saturated rings. The Labute approximate surface area is 92.7 Å². The fourth-order valence-corrected chi connectivity index (χ4v) is 2.58. The van der Waals surface area contributed by atoms with Gasteiger partial charge in [-0.3, -0.25) is 0 Å². The van der Waals surface area contributed by atoms with E-state index in [1.807, 2.05) is 0 Å². The summed E-state index contributed by atoms with van der Waals surface area (Å²) in [7, 11) is 0. The molecule has 0 spiro atoms. The van der Waals surface area contributed by atoms with E-state index in [0.29, 0.717) is 5.92 Å². The van der Waals surface area contributed by atoms with Crippen LogP contribution in [0.4, 0.5) is 0 Å². The summed E-state index contributed by atoms with van der Waals surface area (Å²) in [6, 6.07) is 7.17. The van der Waals surface area contributed by atoms with E-state index in [1.54, 1.807) is 0 Å². The molecule has 1 unspecified atom stereocenters. The van der Waals surface area contributed by atoms with Crippen LogP contribution < -0.4 is 5.73 Å². The molecule has 1 aliphatic carbocycles. The molecule has 82 valence electrons. The SMILES string of the molecule is CCCc1ccc2c(c1)[C@@H](N)CCC2C. The maximum atomic E-state index is 6.17. The van der Waals surface area contributed by atoms with Crippen molar-refractivity contribution in [2.75, 3.05) is 0 Å². The molecule has 0 radical (unpaired) electrons. The normalized spacial score (nSPS) is 25.0. The summed E-state index contributed by atoms with van der Waals surface area (Å²) >= 11 is 0. The highest BCUT2D eigenvalue weighted by Gasteiger charge is 2.21. The fraction of sp³-hybridized carbons (Fsp3) is 0.571. The van der Waals surface area contributed by atoms with Crippen molar-refractivity contribution in [3.8, 4) is 0 Å². The lowest BCUT2D eigenvalue weighted by molar-refractivity contribution is 0.513. The Morgan fingerprint density at radius 2 is 2.07 bits per heavy atom. The van der Waals surface area contributed by atoms with Crippen molar-refractivity contribution in [1.29, 1.82) is 0 Å². The number of benzene rings is 1. The highest BCUT2D eigenvalue weighted by Crippen LogP contribution is 2.36. The van der Waals surface area contributed by atoms with Gasteiger partial charge in [0.1, 0.15) is 0 Å². The average molecular weight is 203 g/mol. The van der Waals surface area contributed by atoms with Gasteiger partial charge in [-0.05, 0) is 41.9 Å². The lowest BCUT2D eigenvalue weighted by Crippen LogP contribution is -2.19. The number of rotatable bonds is 2. The van der Waals surface area contributed by atoms with E-state index in [2.05, 4.69) is 32.0 Å². The van der Waals surface area contributed by atoms with E-state index >= 15 is 0 Å². The molecule has 0 bridgehead atoms. The predicted octanol–water partition coefficient (Wildman–Crippen LogP) is 3.54. The fourth-order valence-electron chi connectivity index (χ4n) is 2.58. The molecule has 2 atom stereocenters. The van der Waals surface area contributed by atoms with Gasteiger partial charge in [-0.15, -0.1) is 0 Å². The first-order chi connectivity index (χ1) is 7.22. The smallest absolute Gasteiger partial charge is 0.0297 e. The molecule has 0 aromatic heterocycles. The molecular weight excluding hydrogens is 182 g/mol. The lowest BCUT2D eigenvalue weighted by atomic mass is 9.80. The quantitative estimate of drug-likeness (QED) is 0.781. The Kier molecular flexibility index (Phi) is 3.11. The molecule has 1 nitrogen and oxygen atoms in total. The topological polar surface area (TPSA) is 26.0 Å². The maximum absolute atomic E-state index is 6.17. The molecule has 0 heterocycles. The molecule has 1 aromatic rings. The monoisotopic (exact) mass is 203 g/mol. The van der Waals surface area contributed by atoms with Crippen molar-refractivity contribution in [3.05, 3.63) is 34.9 Å². The Morgan fingerprint density at radius 3 is 2.80 bits per heavy atom. The van der Waals surface area contributed by atoms with Crippen LogP contribution in [0.3, 0.4) is 0 Å². The van der Waals surface area contributed by atoms with Crippen LogP contribution in [0.2, 0.25) is 0 Å². The zero-order valence-corrected chi connectivity index (χ0v) is 9.79. The van der Waals surface area contributed by atoms with Gasteiger partial charge in [-0.1, -0.05) is 38.5 Å². The Morgan fingerprint density at radius 1 is 1.27 bits per heavy atom. The van der Waals surface area contributed by atoms with Crippen molar-refractivity contribution in [2.24, 2.45) is 5.73 Å². The zero-order chi connectivity index (χ0) is 10.8. The van der Waals surface area contributed by atoms with Crippen molar-refractivity contribution < 1.29 is 0 Å². The van der Waals surface area contributed by atoms with Crippen molar-refractivity contribution in [1.82, 2.24) is 0 Å². The number of hydrogen-bond donors (Lipinski definition) is 1. The zero-order valence-electron chi connectivity index (χ0n) is 9.79. The van der Waals surface area contributed by atoms with E-state index in [9.17, 15) is 0 Å². The summed E-state index contributed by atoms with van der Waals surface area (Å²) in [5, 5.41) is 0. The predicted molar refractivity (Wildman–Crippen MR) is 65.0 cm³/mol. The van der Waals surface area contributed by atoms with Crippen molar-refractivity contribution >= 4 is 0 Å². The van der Waals surface area contributed by atoms with Crippen LogP contribution in [-0.4, -0.2) is 0 Å². The maximum Gasteiger partial charge on any atom is 0.0297 e. The molecule has 2 rings (SSSR count). The largest absolute Gasteiger partial charge is 0.324 e. The molecule has 15 heavy (non-hydrogen) atoms. The number of hydrogen-bond acceptors (Lipinski definition) is 1. The second-order valence-electron chi connectivity index (χ2n) is 4.80.